The molecule has 6 nitrogen and oxygen atoms in total. The number of anilines is 1. The van der Waals surface area contributed by atoms with Gasteiger partial charge in [-0.15, -0.1) is 0 Å². The van der Waals surface area contributed by atoms with Crippen LogP contribution < -0.4 is 10.5 Å². The van der Waals surface area contributed by atoms with E-state index in [1.165, 1.54) is 23.7 Å². The third-order valence-electron chi connectivity index (χ3n) is 3.13. The van der Waals surface area contributed by atoms with Crippen LogP contribution in [0.5, 0.6) is 0 Å². The van der Waals surface area contributed by atoms with Crippen LogP contribution in [0.25, 0.3) is 0 Å². The molecule has 0 radical (unpaired) electrons. The van der Waals surface area contributed by atoms with Gasteiger partial charge in [0.25, 0.3) is 0 Å². The summed E-state index contributed by atoms with van der Waals surface area (Å²) in [5, 5.41) is 3.83. The Hall–Kier alpha value is -1.08. The van der Waals surface area contributed by atoms with Crippen LogP contribution in [-0.2, 0) is 17.1 Å². The Morgan fingerprint density at radius 1 is 1.65 bits per heavy atom. The molecule has 0 amide bonds. The van der Waals surface area contributed by atoms with E-state index < -0.39 is 10.0 Å². The van der Waals surface area contributed by atoms with Crippen LogP contribution in [0.1, 0.15) is 19.8 Å². The van der Waals surface area contributed by atoms with Gasteiger partial charge >= 0.3 is 0 Å². The Morgan fingerprint density at radius 2 is 2.29 bits per heavy atom. The van der Waals surface area contributed by atoms with E-state index in [1.807, 2.05) is 0 Å². The van der Waals surface area contributed by atoms with Crippen molar-refractivity contribution < 1.29 is 8.42 Å². The van der Waals surface area contributed by atoms with Gasteiger partial charge in [-0.2, -0.15) is 5.10 Å². The van der Waals surface area contributed by atoms with E-state index in [-0.39, 0.29) is 10.7 Å². The van der Waals surface area contributed by atoms with Crippen LogP contribution in [0.4, 0.5) is 5.82 Å². The largest absolute Gasteiger partial charge is 0.381 e. The Kier molecular flexibility index (Phi) is 3.13. The molecule has 1 atom stereocenters. The van der Waals surface area contributed by atoms with Crippen LogP contribution in [0.3, 0.4) is 0 Å². The normalized spacial score (nSPS) is 18.2. The topological polar surface area (TPSA) is 90.0 Å². The summed E-state index contributed by atoms with van der Waals surface area (Å²) in [6, 6.07) is 0. The summed E-state index contributed by atoms with van der Waals surface area (Å²) in [5.41, 5.74) is 5.55. The summed E-state index contributed by atoms with van der Waals surface area (Å²) >= 11 is 0. The van der Waals surface area contributed by atoms with E-state index in [4.69, 9.17) is 5.73 Å². The number of hydrogen-bond acceptors (Lipinski definition) is 4. The number of nitrogens with two attached hydrogens (primary N) is 1. The van der Waals surface area contributed by atoms with E-state index in [0.717, 1.165) is 0 Å². The van der Waals surface area contributed by atoms with Gasteiger partial charge in [0.05, 0.1) is 0 Å². The summed E-state index contributed by atoms with van der Waals surface area (Å²) in [6.07, 6.45) is 3.83. The van der Waals surface area contributed by atoms with Crippen LogP contribution in [0.2, 0.25) is 0 Å². The number of nitrogens with zero attached hydrogens (tertiary/aromatic N) is 2. The maximum atomic E-state index is 12.0. The molecule has 96 valence electrons. The summed E-state index contributed by atoms with van der Waals surface area (Å²) in [5.74, 6) is 1.09. The third kappa shape index (κ3) is 2.78. The molecule has 0 bridgehead atoms. The number of aryl methyl sites for hydroxylation is 1. The summed E-state index contributed by atoms with van der Waals surface area (Å²) in [6.45, 7) is 2.52. The van der Waals surface area contributed by atoms with Crippen molar-refractivity contribution in [3.63, 3.8) is 0 Å². The fraction of sp³-hybridized carbons (Fsp3) is 0.700. The average Bonchev–Trinajstić information content (AvgIpc) is 3.01. The zero-order valence-electron chi connectivity index (χ0n) is 10.0. The average molecular weight is 258 g/mol. The molecular formula is C10H18N4O2S. The molecule has 1 heterocycles. The lowest BCUT2D eigenvalue weighted by Gasteiger charge is -2.11. The number of aromatic nitrogens is 2. The minimum Gasteiger partial charge on any atom is -0.381 e. The van der Waals surface area contributed by atoms with E-state index >= 15 is 0 Å². The minimum atomic E-state index is -3.53. The van der Waals surface area contributed by atoms with Crippen molar-refractivity contribution in [1.29, 1.82) is 0 Å². The van der Waals surface area contributed by atoms with Gasteiger partial charge in [0, 0.05) is 19.8 Å². The van der Waals surface area contributed by atoms with Crippen molar-refractivity contribution in [1.82, 2.24) is 14.5 Å². The Labute approximate surface area is 101 Å². The number of nitrogen functional groups attached to an aromatic ring is 1. The van der Waals surface area contributed by atoms with Gasteiger partial charge in [0.1, 0.15) is 4.90 Å². The Balaban J connectivity index is 2.05. The molecule has 1 aromatic heterocycles. The number of sulfonamides is 1. The van der Waals surface area contributed by atoms with Gasteiger partial charge in [0.2, 0.25) is 10.0 Å². The van der Waals surface area contributed by atoms with Crippen molar-refractivity contribution in [3.8, 4) is 0 Å². The molecule has 0 saturated heterocycles. The molecule has 7 heteroatoms. The van der Waals surface area contributed by atoms with Gasteiger partial charge in [0.15, 0.2) is 5.82 Å². The van der Waals surface area contributed by atoms with Crippen LogP contribution in [-0.4, -0.2) is 24.7 Å². The van der Waals surface area contributed by atoms with Crippen molar-refractivity contribution in [3.05, 3.63) is 6.20 Å². The van der Waals surface area contributed by atoms with Crippen molar-refractivity contribution in [2.75, 3.05) is 12.3 Å². The zero-order chi connectivity index (χ0) is 12.6. The fourth-order valence-corrected chi connectivity index (χ4v) is 3.09. The lowest BCUT2D eigenvalue weighted by Crippen LogP contribution is -2.29. The van der Waals surface area contributed by atoms with E-state index in [1.54, 1.807) is 7.05 Å². The molecule has 0 aliphatic heterocycles. The number of nitrogens with one attached hydrogen (secondary N) is 1. The van der Waals surface area contributed by atoms with E-state index in [2.05, 4.69) is 16.7 Å². The molecule has 1 aliphatic carbocycles. The molecule has 1 aliphatic rings. The highest BCUT2D eigenvalue weighted by Crippen LogP contribution is 2.36. The molecule has 1 saturated carbocycles. The quantitative estimate of drug-likeness (QED) is 0.796. The smallest absolute Gasteiger partial charge is 0.245 e. The van der Waals surface area contributed by atoms with Crippen LogP contribution in [0, 0.1) is 11.8 Å². The molecule has 0 aromatic carbocycles. The molecule has 3 N–H and O–H groups in total. The van der Waals surface area contributed by atoms with Gasteiger partial charge < -0.3 is 5.73 Å². The van der Waals surface area contributed by atoms with Gasteiger partial charge in [-0.3, -0.25) is 4.68 Å². The molecule has 17 heavy (non-hydrogen) atoms. The zero-order valence-corrected chi connectivity index (χ0v) is 10.9. The van der Waals surface area contributed by atoms with Crippen molar-refractivity contribution >= 4 is 15.8 Å². The first kappa shape index (κ1) is 12.4. The Bertz CT molecular complexity index is 504. The summed E-state index contributed by atoms with van der Waals surface area (Å²) in [4.78, 5) is 0.0583. The maximum absolute atomic E-state index is 12.0. The number of rotatable bonds is 5. The maximum Gasteiger partial charge on any atom is 0.245 e. The molecule has 2 rings (SSSR count). The Morgan fingerprint density at radius 3 is 2.76 bits per heavy atom. The lowest BCUT2D eigenvalue weighted by molar-refractivity contribution is 0.492. The van der Waals surface area contributed by atoms with E-state index in [0.29, 0.717) is 18.4 Å². The number of hydrogen-bond donors (Lipinski definition) is 2. The standard InChI is InChI=1S/C10H18N4O2S/c1-7(8-3-4-8)5-12-17(15,16)9-6-14(2)13-10(9)11/h6-8,12H,3-5H2,1-2H3,(H2,11,13). The predicted octanol–water partition coefficient (Wildman–Crippen LogP) is 0.327. The van der Waals surface area contributed by atoms with Gasteiger partial charge in [-0.05, 0) is 24.7 Å². The SMILES string of the molecule is CC(CNS(=O)(=O)c1cn(C)nc1N)C1CC1. The highest BCUT2D eigenvalue weighted by atomic mass is 32.2. The highest BCUT2D eigenvalue weighted by molar-refractivity contribution is 7.89. The summed E-state index contributed by atoms with van der Waals surface area (Å²) < 4.78 is 27.9. The predicted molar refractivity (Wildman–Crippen MR) is 64.7 cm³/mol. The fourth-order valence-electron chi connectivity index (χ4n) is 1.84. The summed E-state index contributed by atoms with van der Waals surface area (Å²) in [7, 11) is -1.89. The minimum absolute atomic E-state index is 0.0408. The first-order valence-electron chi connectivity index (χ1n) is 5.69. The third-order valence-corrected chi connectivity index (χ3v) is 4.57. The first-order chi connectivity index (χ1) is 7.90. The molecule has 1 unspecified atom stereocenters. The van der Waals surface area contributed by atoms with Gasteiger partial charge in [-0.25, -0.2) is 13.1 Å². The van der Waals surface area contributed by atoms with E-state index in [9.17, 15) is 8.42 Å². The van der Waals surface area contributed by atoms with Crippen LogP contribution in [0.15, 0.2) is 11.1 Å². The molecule has 1 fully saturated rings. The molecule has 1 aromatic rings. The monoisotopic (exact) mass is 258 g/mol. The molecular weight excluding hydrogens is 240 g/mol. The molecule has 0 spiro atoms. The second kappa shape index (κ2) is 4.30. The van der Waals surface area contributed by atoms with Crippen molar-refractivity contribution in [2.24, 2.45) is 18.9 Å². The second-order valence-corrected chi connectivity index (χ2v) is 6.45. The highest BCUT2D eigenvalue weighted by Gasteiger charge is 2.29. The lowest BCUT2D eigenvalue weighted by atomic mass is 10.1. The second-order valence-electron chi connectivity index (χ2n) is 4.72. The van der Waals surface area contributed by atoms with Crippen molar-refractivity contribution in [2.45, 2.75) is 24.7 Å². The van der Waals surface area contributed by atoms with Gasteiger partial charge in [-0.1, -0.05) is 6.92 Å². The first-order valence-corrected chi connectivity index (χ1v) is 7.17. The van der Waals surface area contributed by atoms with Crippen LogP contribution >= 0.6 is 0 Å².